The molecule has 6 N–H and O–H groups in total. The van der Waals surface area contributed by atoms with Crippen LogP contribution in [0.25, 0.3) is 0 Å². The molecule has 0 spiro atoms. The lowest BCUT2D eigenvalue weighted by Gasteiger charge is -2.33. The highest BCUT2D eigenvalue weighted by molar-refractivity contribution is 5.99. The van der Waals surface area contributed by atoms with Crippen molar-refractivity contribution in [3.63, 3.8) is 0 Å². The molecule has 11 heteroatoms. The first kappa shape index (κ1) is 21.2. The number of rotatable bonds is 5. The minimum absolute atomic E-state index is 0.0493. The number of hydrogen-bond donors (Lipinski definition) is 5. The van der Waals surface area contributed by atoms with Gasteiger partial charge in [0.05, 0.1) is 13.3 Å². The van der Waals surface area contributed by atoms with Gasteiger partial charge < -0.3 is 36.0 Å². The number of ketones is 1. The van der Waals surface area contributed by atoms with E-state index in [2.05, 4.69) is 10.3 Å². The lowest BCUT2D eigenvalue weighted by Crippen LogP contribution is -2.53. The van der Waals surface area contributed by atoms with Gasteiger partial charge >= 0.3 is 0 Å². The number of fused-ring (bicyclic) bond motifs is 1. The summed E-state index contributed by atoms with van der Waals surface area (Å²) in [6.45, 7) is 2.51. The molecule has 0 bridgehead atoms. The van der Waals surface area contributed by atoms with Gasteiger partial charge in [0.25, 0.3) is 5.56 Å². The van der Waals surface area contributed by atoms with Gasteiger partial charge in [0.15, 0.2) is 17.8 Å². The number of nitrogens with zero attached hydrogens (tertiary/aromatic N) is 3. The molecule has 2 aliphatic heterocycles. The highest BCUT2D eigenvalue weighted by Gasteiger charge is 2.55. The van der Waals surface area contributed by atoms with E-state index in [0.717, 1.165) is 4.57 Å². The molecule has 11 nitrogen and oxygen atoms in total. The van der Waals surface area contributed by atoms with E-state index in [9.17, 15) is 24.9 Å². The minimum atomic E-state index is -1.74. The van der Waals surface area contributed by atoms with Gasteiger partial charge in [-0.25, -0.2) is 0 Å². The molecule has 0 amide bonds. The molecule has 0 radical (unpaired) electrons. The SMILES string of the molecule is CC(C(=O)c1ccccc1)n1c(N)nc2c(c1=O)NCN2C1OC(CO)C(O)C1(C)O. The number of nitrogens with one attached hydrogen (secondary N) is 1. The Morgan fingerprint density at radius 3 is 2.71 bits per heavy atom. The maximum atomic E-state index is 13.2. The molecule has 0 aliphatic carbocycles. The maximum absolute atomic E-state index is 13.2. The van der Waals surface area contributed by atoms with Crippen LogP contribution >= 0.6 is 0 Å². The van der Waals surface area contributed by atoms with Gasteiger partial charge in [-0.3, -0.25) is 14.2 Å². The Hall–Kier alpha value is -2.99. The first-order valence-electron chi connectivity index (χ1n) is 9.87. The van der Waals surface area contributed by atoms with Gasteiger partial charge in [-0.1, -0.05) is 30.3 Å². The van der Waals surface area contributed by atoms with Crippen LogP contribution in [-0.4, -0.2) is 68.0 Å². The van der Waals surface area contributed by atoms with E-state index in [1.807, 2.05) is 0 Å². The van der Waals surface area contributed by atoms with E-state index in [4.69, 9.17) is 10.5 Å². The van der Waals surface area contributed by atoms with Crippen LogP contribution in [-0.2, 0) is 4.74 Å². The highest BCUT2D eigenvalue weighted by Crippen LogP contribution is 2.39. The van der Waals surface area contributed by atoms with Crippen molar-refractivity contribution in [1.29, 1.82) is 0 Å². The van der Waals surface area contributed by atoms with E-state index in [0.29, 0.717) is 5.56 Å². The van der Waals surface area contributed by atoms with Gasteiger partial charge in [0.2, 0.25) is 5.95 Å². The second-order valence-corrected chi connectivity index (χ2v) is 7.93. The van der Waals surface area contributed by atoms with Gasteiger partial charge in [-0.05, 0) is 13.8 Å². The van der Waals surface area contributed by atoms with Crippen LogP contribution in [0.5, 0.6) is 0 Å². The predicted molar refractivity (Wildman–Crippen MR) is 112 cm³/mol. The summed E-state index contributed by atoms with van der Waals surface area (Å²) in [6.07, 6.45) is -3.42. The Morgan fingerprint density at radius 2 is 2.10 bits per heavy atom. The molecule has 3 heterocycles. The lowest BCUT2D eigenvalue weighted by molar-refractivity contribution is -0.0629. The molecule has 0 saturated carbocycles. The van der Waals surface area contributed by atoms with Crippen molar-refractivity contribution in [2.24, 2.45) is 0 Å². The number of carbonyl (C=O) groups excluding carboxylic acids is 1. The third kappa shape index (κ3) is 3.26. The van der Waals surface area contributed by atoms with Crippen LogP contribution in [0.2, 0.25) is 0 Å². The van der Waals surface area contributed by atoms with E-state index in [1.165, 1.54) is 11.8 Å². The van der Waals surface area contributed by atoms with Crippen molar-refractivity contribution in [1.82, 2.24) is 9.55 Å². The van der Waals surface area contributed by atoms with E-state index in [-0.39, 0.29) is 29.9 Å². The standard InChI is InChI=1S/C20H25N5O6/c1-10(14(27)11-6-4-3-5-7-11)25-17(29)13-16(23-19(25)21)24(9-22-13)18-20(2,30)15(28)12(8-26)31-18/h3-7,10,12,15,18,22,26,28,30H,8-9H2,1-2H3,(H2,21,23). The van der Waals surface area contributed by atoms with Crippen LogP contribution in [0.3, 0.4) is 0 Å². The number of Topliss-reactive ketones (excluding diaryl/α,β-unsaturated/α-hetero) is 1. The highest BCUT2D eigenvalue weighted by atomic mass is 16.6. The molecule has 31 heavy (non-hydrogen) atoms. The van der Waals surface area contributed by atoms with Gasteiger partial charge in [-0.2, -0.15) is 4.98 Å². The zero-order valence-corrected chi connectivity index (χ0v) is 17.1. The Bertz CT molecular complexity index is 1060. The third-order valence-electron chi connectivity index (χ3n) is 5.86. The predicted octanol–water partition coefficient (Wildman–Crippen LogP) is -0.712. The summed E-state index contributed by atoms with van der Waals surface area (Å²) >= 11 is 0. The number of aliphatic hydroxyl groups excluding tert-OH is 2. The van der Waals surface area contributed by atoms with Crippen molar-refractivity contribution in [2.45, 2.75) is 43.9 Å². The summed E-state index contributed by atoms with van der Waals surface area (Å²) in [5.41, 5.74) is 4.33. The minimum Gasteiger partial charge on any atom is -0.394 e. The molecule has 2 aliphatic rings. The smallest absolute Gasteiger partial charge is 0.281 e. The summed E-state index contributed by atoms with van der Waals surface area (Å²) in [4.78, 5) is 31.8. The molecule has 166 valence electrons. The molecule has 1 fully saturated rings. The number of anilines is 3. The van der Waals surface area contributed by atoms with E-state index >= 15 is 0 Å². The number of carbonyl (C=O) groups is 1. The second kappa shape index (κ2) is 7.61. The van der Waals surface area contributed by atoms with E-state index in [1.54, 1.807) is 37.3 Å². The summed E-state index contributed by atoms with van der Waals surface area (Å²) < 4.78 is 6.74. The monoisotopic (exact) mass is 431 g/mol. The maximum Gasteiger partial charge on any atom is 0.281 e. The first-order valence-corrected chi connectivity index (χ1v) is 9.87. The van der Waals surface area contributed by atoms with Crippen molar-refractivity contribution < 1.29 is 24.9 Å². The molecule has 5 atom stereocenters. The van der Waals surface area contributed by atoms with Crippen LogP contribution in [0, 0.1) is 0 Å². The fraction of sp³-hybridized carbons (Fsp3) is 0.450. The number of nitrogens with two attached hydrogens (primary N) is 1. The fourth-order valence-corrected chi connectivity index (χ4v) is 4.10. The Labute approximate surface area is 177 Å². The summed E-state index contributed by atoms with van der Waals surface area (Å²) in [7, 11) is 0. The fourth-order valence-electron chi connectivity index (χ4n) is 4.10. The number of nitrogen functional groups attached to an aromatic ring is 1. The molecule has 2 aromatic rings. The number of benzene rings is 1. The molecule has 1 aromatic carbocycles. The van der Waals surface area contributed by atoms with Crippen LogP contribution in [0.4, 0.5) is 17.5 Å². The molecular formula is C20H25N5O6. The quantitative estimate of drug-likeness (QED) is 0.382. The zero-order chi connectivity index (χ0) is 22.5. The lowest BCUT2D eigenvalue weighted by atomic mass is 9.96. The average molecular weight is 431 g/mol. The van der Waals surface area contributed by atoms with Gasteiger partial charge in [0, 0.05) is 5.56 Å². The van der Waals surface area contributed by atoms with Crippen LogP contribution in [0.1, 0.15) is 30.2 Å². The largest absolute Gasteiger partial charge is 0.394 e. The number of ether oxygens (including phenoxy) is 1. The van der Waals surface area contributed by atoms with Crippen molar-refractivity contribution >= 4 is 23.2 Å². The van der Waals surface area contributed by atoms with Gasteiger partial charge in [-0.15, -0.1) is 0 Å². The topological polar surface area (TPSA) is 163 Å². The van der Waals surface area contributed by atoms with E-state index < -0.39 is 42.2 Å². The van der Waals surface area contributed by atoms with Crippen LogP contribution in [0.15, 0.2) is 35.1 Å². The molecular weight excluding hydrogens is 406 g/mol. The Morgan fingerprint density at radius 1 is 1.42 bits per heavy atom. The Kier molecular flexibility index (Phi) is 5.21. The molecule has 1 aromatic heterocycles. The molecule has 4 rings (SSSR count). The van der Waals surface area contributed by atoms with Crippen molar-refractivity contribution in [3.8, 4) is 0 Å². The summed E-state index contributed by atoms with van der Waals surface area (Å²) in [5, 5.41) is 33.3. The first-order chi connectivity index (χ1) is 14.7. The molecule has 5 unspecified atom stereocenters. The second-order valence-electron chi connectivity index (χ2n) is 7.93. The zero-order valence-electron chi connectivity index (χ0n) is 17.1. The molecule has 1 saturated heterocycles. The number of aromatic nitrogens is 2. The van der Waals surface area contributed by atoms with Crippen LogP contribution < -0.4 is 21.5 Å². The normalized spacial score (nSPS) is 28.3. The van der Waals surface area contributed by atoms with Crippen molar-refractivity contribution in [2.75, 3.05) is 29.2 Å². The van der Waals surface area contributed by atoms with Gasteiger partial charge in [0.1, 0.15) is 29.5 Å². The third-order valence-corrected chi connectivity index (χ3v) is 5.86. The number of aliphatic hydroxyl groups is 3. The summed E-state index contributed by atoms with van der Waals surface area (Å²) in [5.74, 6) is -0.331. The average Bonchev–Trinajstić information content (AvgIpc) is 3.26. The van der Waals surface area contributed by atoms with Crippen molar-refractivity contribution in [3.05, 3.63) is 46.2 Å². The number of hydrogen-bond acceptors (Lipinski definition) is 10. The summed E-state index contributed by atoms with van der Waals surface area (Å²) in [6, 6.07) is 7.67. The Balaban J connectivity index is 1.70.